The van der Waals surface area contributed by atoms with E-state index in [4.69, 9.17) is 21.3 Å². The van der Waals surface area contributed by atoms with Gasteiger partial charge in [-0.3, -0.25) is 9.59 Å². The number of carbonyl (C=O) groups excluding carboxylic acids is 2. The van der Waals surface area contributed by atoms with Crippen molar-refractivity contribution in [3.05, 3.63) is 53.1 Å². The summed E-state index contributed by atoms with van der Waals surface area (Å²) < 4.78 is 36.2. The second-order valence-electron chi connectivity index (χ2n) is 11.1. The van der Waals surface area contributed by atoms with Gasteiger partial charge in [-0.2, -0.15) is 0 Å². The van der Waals surface area contributed by atoms with E-state index in [-0.39, 0.29) is 71.0 Å². The zero-order valence-electron chi connectivity index (χ0n) is 22.5. The lowest BCUT2D eigenvalue weighted by Gasteiger charge is -2.40. The Hall–Kier alpha value is -3.24. The molecule has 1 aromatic carbocycles. The van der Waals surface area contributed by atoms with Crippen LogP contribution in [0.1, 0.15) is 30.6 Å². The Balaban J connectivity index is 1.70. The highest BCUT2D eigenvalue weighted by molar-refractivity contribution is 6.35. The van der Waals surface area contributed by atoms with Crippen LogP contribution in [-0.2, 0) is 4.79 Å². The first-order valence-electron chi connectivity index (χ1n) is 12.9. The van der Waals surface area contributed by atoms with Crippen molar-refractivity contribution in [2.24, 2.45) is 0 Å². The summed E-state index contributed by atoms with van der Waals surface area (Å²) in [5, 5.41) is -0.133. The average Bonchev–Trinajstić information content (AvgIpc) is 3.14. The van der Waals surface area contributed by atoms with Crippen molar-refractivity contribution in [3.63, 3.8) is 0 Å². The average molecular weight is 560 g/mol. The van der Waals surface area contributed by atoms with E-state index in [1.54, 1.807) is 9.80 Å². The van der Waals surface area contributed by atoms with Gasteiger partial charge in [-0.25, -0.2) is 13.8 Å². The van der Waals surface area contributed by atoms with Crippen LogP contribution in [0.15, 0.2) is 30.9 Å². The number of ether oxygens (including phenoxy) is 1. The number of pyridine rings is 1. The largest absolute Gasteiger partial charge is 0.489 e. The molecule has 0 aliphatic carbocycles. The molecule has 0 bridgehead atoms. The van der Waals surface area contributed by atoms with Crippen LogP contribution in [0.4, 0.5) is 14.6 Å². The third-order valence-corrected chi connectivity index (χ3v) is 8.33. The Bertz CT molecular complexity index is 1330. The van der Waals surface area contributed by atoms with Gasteiger partial charge in [-0.15, -0.1) is 0 Å². The summed E-state index contributed by atoms with van der Waals surface area (Å²) in [5.74, 6) is -1.89. The number of piperazine rings is 1. The van der Waals surface area contributed by atoms with Crippen LogP contribution in [0.5, 0.6) is 5.75 Å². The molecular weight excluding hydrogens is 528 g/mol. The standard InChI is InChI=1S/C28H32ClF2N5O3/c1-6-20(37)34-10-11-35-17(13-34)15-39-25-22(27(35)38)26(36-14-16(33(4)5)12-28(36,2)3)32-24(23(25)29)21-18(30)8-7-9-19(21)31/h6-9,16-17H,1,10-15H2,2-5H3. The predicted octanol–water partition coefficient (Wildman–Crippen LogP) is 3.83. The molecule has 2 saturated heterocycles. The normalized spacial score (nSPS) is 22.4. The van der Waals surface area contributed by atoms with Gasteiger partial charge in [0, 0.05) is 37.8 Å². The molecule has 2 fully saturated rings. The third kappa shape index (κ3) is 4.63. The Morgan fingerprint density at radius 2 is 1.90 bits per heavy atom. The third-order valence-electron chi connectivity index (χ3n) is 7.98. The summed E-state index contributed by atoms with van der Waals surface area (Å²) in [7, 11) is 3.98. The maximum absolute atomic E-state index is 15.0. The molecule has 8 nitrogen and oxygen atoms in total. The zero-order chi connectivity index (χ0) is 28.2. The first kappa shape index (κ1) is 27.3. The van der Waals surface area contributed by atoms with Gasteiger partial charge in [0.15, 0.2) is 5.75 Å². The van der Waals surface area contributed by atoms with E-state index in [1.807, 2.05) is 32.8 Å². The van der Waals surface area contributed by atoms with Crippen molar-refractivity contribution < 1.29 is 23.1 Å². The number of amides is 2. The van der Waals surface area contributed by atoms with Gasteiger partial charge in [0.1, 0.15) is 40.3 Å². The smallest absolute Gasteiger partial charge is 0.261 e. The number of halogens is 3. The number of hydrogen-bond acceptors (Lipinski definition) is 6. The number of benzene rings is 1. The van der Waals surface area contributed by atoms with Gasteiger partial charge in [-0.05, 0) is 52.6 Å². The fourth-order valence-corrected chi connectivity index (χ4v) is 6.07. The van der Waals surface area contributed by atoms with Crippen LogP contribution in [0, 0.1) is 11.6 Å². The van der Waals surface area contributed by atoms with Crippen molar-refractivity contribution in [2.75, 3.05) is 51.8 Å². The molecule has 1 aromatic heterocycles. The molecule has 2 unspecified atom stereocenters. The lowest BCUT2D eigenvalue weighted by molar-refractivity contribution is -0.128. The van der Waals surface area contributed by atoms with Crippen LogP contribution in [0.2, 0.25) is 5.02 Å². The molecule has 0 radical (unpaired) electrons. The number of rotatable bonds is 4. The fraction of sp³-hybridized carbons (Fsp3) is 0.464. The Morgan fingerprint density at radius 3 is 2.51 bits per heavy atom. The van der Waals surface area contributed by atoms with Crippen LogP contribution >= 0.6 is 11.6 Å². The Kier molecular flexibility index (Phi) is 7.05. The van der Waals surface area contributed by atoms with E-state index in [0.29, 0.717) is 13.1 Å². The number of aromatic nitrogens is 1. The van der Waals surface area contributed by atoms with E-state index in [9.17, 15) is 9.59 Å². The molecule has 2 aromatic rings. The molecule has 0 N–H and O–H groups in total. The maximum Gasteiger partial charge on any atom is 0.261 e. The highest BCUT2D eigenvalue weighted by atomic mass is 35.5. The second kappa shape index (κ2) is 10.1. The lowest BCUT2D eigenvalue weighted by Crippen LogP contribution is -2.57. The van der Waals surface area contributed by atoms with Crippen molar-refractivity contribution in [1.82, 2.24) is 19.7 Å². The topological polar surface area (TPSA) is 69.2 Å². The monoisotopic (exact) mass is 559 g/mol. The molecule has 208 valence electrons. The van der Waals surface area contributed by atoms with Crippen molar-refractivity contribution >= 4 is 29.2 Å². The van der Waals surface area contributed by atoms with Crippen LogP contribution < -0.4 is 9.64 Å². The summed E-state index contributed by atoms with van der Waals surface area (Å²) in [4.78, 5) is 38.6. The first-order valence-corrected chi connectivity index (χ1v) is 13.3. The van der Waals surface area contributed by atoms with Gasteiger partial charge < -0.3 is 24.3 Å². The summed E-state index contributed by atoms with van der Waals surface area (Å²) in [5.41, 5.74) is -0.774. The number of nitrogens with zero attached hydrogens (tertiary/aromatic N) is 5. The van der Waals surface area contributed by atoms with Crippen LogP contribution in [0.25, 0.3) is 11.3 Å². The van der Waals surface area contributed by atoms with Gasteiger partial charge in [0.2, 0.25) is 5.91 Å². The summed E-state index contributed by atoms with van der Waals surface area (Å²) in [6, 6.07) is 3.26. The Labute approximate surface area is 231 Å². The Morgan fingerprint density at radius 1 is 1.21 bits per heavy atom. The number of fused-ring (bicyclic) bond motifs is 2. The SMILES string of the molecule is C=CC(=O)N1CCN2C(=O)c3c(N4CC(N(C)C)CC4(C)C)nc(-c4c(F)cccc4F)c(Cl)c3OCC2C1. The van der Waals surface area contributed by atoms with E-state index in [1.165, 1.54) is 12.1 Å². The van der Waals surface area contributed by atoms with E-state index in [2.05, 4.69) is 11.5 Å². The summed E-state index contributed by atoms with van der Waals surface area (Å²) >= 11 is 6.77. The molecule has 2 amide bonds. The first-order chi connectivity index (χ1) is 18.4. The molecule has 0 saturated carbocycles. The minimum Gasteiger partial charge on any atom is -0.489 e. The maximum atomic E-state index is 15.0. The van der Waals surface area contributed by atoms with Crippen molar-refractivity contribution in [3.8, 4) is 17.0 Å². The molecule has 3 aliphatic rings. The molecule has 4 heterocycles. The van der Waals surface area contributed by atoms with Crippen LogP contribution in [0.3, 0.4) is 0 Å². The fourth-order valence-electron chi connectivity index (χ4n) is 5.79. The highest BCUT2D eigenvalue weighted by Crippen LogP contribution is 2.47. The van der Waals surface area contributed by atoms with Crippen molar-refractivity contribution in [1.29, 1.82) is 0 Å². The van der Waals surface area contributed by atoms with E-state index in [0.717, 1.165) is 18.6 Å². The molecule has 5 rings (SSSR count). The van der Waals surface area contributed by atoms with Gasteiger partial charge >= 0.3 is 0 Å². The van der Waals surface area contributed by atoms with Gasteiger partial charge in [-0.1, -0.05) is 24.2 Å². The van der Waals surface area contributed by atoms with Crippen LogP contribution in [-0.4, -0.2) is 96.0 Å². The quantitative estimate of drug-likeness (QED) is 0.531. The molecule has 0 spiro atoms. The lowest BCUT2D eigenvalue weighted by atomic mass is 9.99. The predicted molar refractivity (Wildman–Crippen MR) is 145 cm³/mol. The number of hydrogen-bond donors (Lipinski definition) is 0. The summed E-state index contributed by atoms with van der Waals surface area (Å²) in [6.07, 6.45) is 2.02. The van der Waals surface area contributed by atoms with Crippen molar-refractivity contribution in [2.45, 2.75) is 37.9 Å². The zero-order valence-corrected chi connectivity index (χ0v) is 23.3. The highest BCUT2D eigenvalue weighted by Gasteiger charge is 2.46. The van der Waals surface area contributed by atoms with E-state index < -0.39 is 23.2 Å². The molecule has 39 heavy (non-hydrogen) atoms. The van der Waals surface area contributed by atoms with Gasteiger partial charge in [0.25, 0.3) is 5.91 Å². The van der Waals surface area contributed by atoms with Gasteiger partial charge in [0.05, 0.1) is 11.6 Å². The molecule has 3 aliphatic heterocycles. The second-order valence-corrected chi connectivity index (χ2v) is 11.5. The number of anilines is 1. The molecule has 11 heteroatoms. The summed E-state index contributed by atoms with van der Waals surface area (Å²) in [6.45, 7) is 9.14. The minimum absolute atomic E-state index is 0.0458. The number of carbonyl (C=O) groups is 2. The molecular formula is C28H32ClF2N5O3. The number of likely N-dealkylation sites (N-methyl/N-ethyl adjacent to an activating group) is 1. The molecule has 2 atom stereocenters. The minimum atomic E-state index is -0.821. The van der Waals surface area contributed by atoms with E-state index >= 15 is 8.78 Å².